The van der Waals surface area contributed by atoms with Crippen molar-refractivity contribution in [2.45, 2.75) is 34.5 Å². The fraction of sp³-hybridized carbons (Fsp3) is 0.283. The van der Waals surface area contributed by atoms with E-state index in [4.69, 9.17) is 19.6 Å². The zero-order valence-electron chi connectivity index (χ0n) is 32.6. The SMILES string of the molecule is C.CCN(CCN)c1ccc(C(OC)OC)cc1.CCN(CCNC(=O)c1ccc(-c2c3ccc(=O)cc-3oc3cc(O)ccc23)c(C)c1)c1ccc(C=O)cc1. The maximum Gasteiger partial charge on any atom is 0.251 e. The minimum atomic E-state index is -0.298. The van der Waals surface area contributed by atoms with Crippen LogP contribution in [0.5, 0.6) is 5.75 Å². The summed E-state index contributed by atoms with van der Waals surface area (Å²) in [6.45, 7) is 10.4. The lowest BCUT2D eigenvalue weighted by atomic mass is 9.90. The Balaban J connectivity index is 0.000000338. The highest BCUT2D eigenvalue weighted by atomic mass is 16.7. The maximum absolute atomic E-state index is 13.0. The monoisotopic (exact) mass is 774 g/mol. The van der Waals surface area contributed by atoms with Crippen molar-refractivity contribution < 1.29 is 28.6 Å². The lowest BCUT2D eigenvalue weighted by Gasteiger charge is -2.23. The number of anilines is 2. The van der Waals surface area contributed by atoms with Crippen LogP contribution in [0.2, 0.25) is 0 Å². The van der Waals surface area contributed by atoms with Gasteiger partial charge in [0.1, 0.15) is 23.4 Å². The molecule has 0 saturated carbocycles. The van der Waals surface area contributed by atoms with Crippen molar-refractivity contribution in [1.29, 1.82) is 0 Å². The summed E-state index contributed by atoms with van der Waals surface area (Å²) in [5.41, 5.74) is 13.7. The Hall–Kier alpha value is -6.01. The Labute approximate surface area is 335 Å². The molecule has 0 aromatic heterocycles. The predicted molar refractivity (Wildman–Crippen MR) is 230 cm³/mol. The van der Waals surface area contributed by atoms with Gasteiger partial charge in [-0.05, 0) is 105 Å². The van der Waals surface area contributed by atoms with Crippen molar-refractivity contribution in [1.82, 2.24) is 5.32 Å². The van der Waals surface area contributed by atoms with Gasteiger partial charge in [0.2, 0.25) is 0 Å². The molecule has 0 spiro atoms. The summed E-state index contributed by atoms with van der Waals surface area (Å²) >= 11 is 0. The number of likely N-dealkylation sites (N-methyl/N-ethyl adjacent to an activating group) is 2. The topological polar surface area (TPSA) is 148 Å². The number of amides is 1. The summed E-state index contributed by atoms with van der Waals surface area (Å²) in [5.74, 6) is 0.326. The minimum absolute atomic E-state index is 0. The summed E-state index contributed by atoms with van der Waals surface area (Å²) in [6.07, 6.45) is 0.521. The Morgan fingerprint density at radius 3 is 2.07 bits per heavy atom. The van der Waals surface area contributed by atoms with Gasteiger partial charge in [-0.25, -0.2) is 0 Å². The van der Waals surface area contributed by atoms with Crippen LogP contribution in [-0.4, -0.2) is 70.8 Å². The fourth-order valence-electron chi connectivity index (χ4n) is 6.71. The average molecular weight is 775 g/mol. The zero-order chi connectivity index (χ0) is 40.2. The van der Waals surface area contributed by atoms with Crippen LogP contribution >= 0.6 is 0 Å². The standard InChI is InChI=1S/C32H28N2O5.C13H22N2O2.CH4/c1-3-34(23-7-4-21(19-35)5-8-23)15-14-33-32(38)22-6-11-26(20(2)16-22)31-27-12-9-24(36)17-29(27)39-30-18-25(37)10-13-28(30)31;1-4-15(10-9-14)12-7-5-11(6-8-12)13(16-2)17-3;/h4-13,16-19,36H,3,14-15H2,1-2H3,(H,33,38);5-8,13H,4,9-10,14H2,1-3H3;1H4. The molecule has 11 heteroatoms. The summed E-state index contributed by atoms with van der Waals surface area (Å²) in [6, 6.07) is 30.7. The van der Waals surface area contributed by atoms with Crippen LogP contribution in [-0.2, 0) is 9.47 Å². The summed E-state index contributed by atoms with van der Waals surface area (Å²) < 4.78 is 16.4. The van der Waals surface area contributed by atoms with Gasteiger partial charge >= 0.3 is 0 Å². The quantitative estimate of drug-likeness (QED) is 0.0532. The third kappa shape index (κ3) is 10.6. The average Bonchev–Trinajstić information content (AvgIpc) is 3.21. The van der Waals surface area contributed by atoms with Crippen LogP contribution in [0.15, 0.2) is 112 Å². The Morgan fingerprint density at radius 2 is 1.47 bits per heavy atom. The number of carbonyl (C=O) groups excluding carboxylic acids is 2. The van der Waals surface area contributed by atoms with E-state index >= 15 is 0 Å². The largest absolute Gasteiger partial charge is 0.508 e. The molecule has 0 unspecified atom stereocenters. The number of carbonyl (C=O) groups is 2. The zero-order valence-corrected chi connectivity index (χ0v) is 32.6. The first-order valence-corrected chi connectivity index (χ1v) is 18.6. The van der Waals surface area contributed by atoms with Gasteiger partial charge < -0.3 is 39.8 Å². The van der Waals surface area contributed by atoms with Gasteiger partial charge in [-0.15, -0.1) is 0 Å². The van der Waals surface area contributed by atoms with Gasteiger partial charge in [0, 0.05) is 110 Å². The summed E-state index contributed by atoms with van der Waals surface area (Å²) in [5, 5.41) is 13.8. The molecule has 1 amide bonds. The molecule has 0 fully saturated rings. The summed E-state index contributed by atoms with van der Waals surface area (Å²) in [7, 11) is 3.27. The van der Waals surface area contributed by atoms with Crippen molar-refractivity contribution in [3.63, 3.8) is 0 Å². The van der Waals surface area contributed by atoms with Gasteiger partial charge in [0.05, 0.1) is 0 Å². The molecule has 2 aliphatic rings. The molecular formula is C46H54N4O7. The number of phenolic OH excluding ortho intramolecular Hbond substituents is 1. The number of aromatic hydroxyl groups is 1. The van der Waals surface area contributed by atoms with Gasteiger partial charge in [-0.3, -0.25) is 14.4 Å². The third-order valence-corrected chi connectivity index (χ3v) is 9.62. The number of aldehydes is 1. The first kappa shape index (κ1) is 43.7. The second kappa shape index (κ2) is 20.8. The molecule has 57 heavy (non-hydrogen) atoms. The molecule has 0 saturated heterocycles. The molecule has 1 aliphatic carbocycles. The van der Waals surface area contributed by atoms with E-state index in [1.165, 1.54) is 23.9 Å². The van der Waals surface area contributed by atoms with Crippen molar-refractivity contribution in [3.8, 4) is 28.2 Å². The first-order valence-electron chi connectivity index (χ1n) is 18.6. The van der Waals surface area contributed by atoms with Crippen molar-refractivity contribution in [2.24, 2.45) is 5.73 Å². The van der Waals surface area contributed by atoms with E-state index in [0.717, 1.165) is 64.8 Å². The van der Waals surface area contributed by atoms with E-state index in [0.29, 0.717) is 42.1 Å². The molecule has 4 N–H and O–H groups in total. The molecule has 0 radical (unpaired) electrons. The van der Waals surface area contributed by atoms with E-state index in [1.807, 2.05) is 50.2 Å². The Kier molecular flexibility index (Phi) is 15.9. The predicted octanol–water partition coefficient (Wildman–Crippen LogP) is 8.05. The van der Waals surface area contributed by atoms with E-state index < -0.39 is 0 Å². The summed E-state index contributed by atoms with van der Waals surface area (Å²) in [4.78, 5) is 40.3. The van der Waals surface area contributed by atoms with Crippen LogP contribution in [0.1, 0.15) is 59.4 Å². The van der Waals surface area contributed by atoms with Crippen molar-refractivity contribution in [2.75, 3.05) is 63.3 Å². The number of hydrogen-bond acceptors (Lipinski definition) is 10. The third-order valence-electron chi connectivity index (χ3n) is 9.62. The molecule has 1 aliphatic heterocycles. The molecule has 1 heterocycles. The molecule has 4 aromatic rings. The number of benzene rings is 5. The number of hydrogen-bond donors (Lipinski definition) is 3. The number of phenols is 1. The highest BCUT2D eigenvalue weighted by Gasteiger charge is 2.20. The molecule has 11 nitrogen and oxygen atoms in total. The minimum Gasteiger partial charge on any atom is -0.508 e. The lowest BCUT2D eigenvalue weighted by Crippen LogP contribution is -2.35. The van der Waals surface area contributed by atoms with E-state index in [2.05, 4.69) is 34.2 Å². The van der Waals surface area contributed by atoms with Gasteiger partial charge in [0.15, 0.2) is 11.7 Å². The fourth-order valence-corrected chi connectivity index (χ4v) is 6.71. The molecular weight excluding hydrogens is 721 g/mol. The molecule has 6 rings (SSSR count). The Bertz CT molecular complexity index is 2250. The number of methoxy groups -OCH3 is 2. The van der Waals surface area contributed by atoms with E-state index in [9.17, 15) is 19.5 Å². The lowest BCUT2D eigenvalue weighted by molar-refractivity contribution is -0.106. The van der Waals surface area contributed by atoms with Crippen molar-refractivity contribution >= 4 is 34.5 Å². The van der Waals surface area contributed by atoms with Crippen molar-refractivity contribution in [3.05, 3.63) is 136 Å². The van der Waals surface area contributed by atoms with E-state index in [-0.39, 0.29) is 30.8 Å². The van der Waals surface area contributed by atoms with Crippen LogP contribution < -0.4 is 26.3 Å². The molecule has 0 atom stereocenters. The number of nitrogens with zero attached hydrogens (tertiary/aromatic N) is 2. The number of rotatable bonds is 15. The van der Waals surface area contributed by atoms with Crippen LogP contribution in [0, 0.1) is 6.92 Å². The number of nitrogens with one attached hydrogen (secondary N) is 1. The normalized spacial score (nSPS) is 10.8. The number of aryl methyl sites for hydroxylation is 1. The second-order valence-electron chi connectivity index (χ2n) is 13.2. The maximum atomic E-state index is 13.0. The Morgan fingerprint density at radius 1 is 0.842 bits per heavy atom. The van der Waals surface area contributed by atoms with Gasteiger partial charge in [0.25, 0.3) is 5.91 Å². The molecule has 300 valence electrons. The number of fused-ring (bicyclic) bond motifs is 2. The first-order chi connectivity index (χ1) is 27.1. The highest BCUT2D eigenvalue weighted by molar-refractivity contribution is 6.03. The smallest absolute Gasteiger partial charge is 0.251 e. The van der Waals surface area contributed by atoms with Gasteiger partial charge in [-0.1, -0.05) is 25.6 Å². The van der Waals surface area contributed by atoms with Crippen LogP contribution in [0.3, 0.4) is 0 Å². The highest BCUT2D eigenvalue weighted by Crippen LogP contribution is 2.41. The number of nitrogens with two attached hydrogens (primary N) is 1. The van der Waals surface area contributed by atoms with E-state index in [1.54, 1.807) is 50.6 Å². The second-order valence-corrected chi connectivity index (χ2v) is 13.2. The number of ether oxygens (including phenoxy) is 2. The van der Waals surface area contributed by atoms with Crippen LogP contribution in [0.4, 0.5) is 11.4 Å². The van der Waals surface area contributed by atoms with Crippen LogP contribution in [0.25, 0.3) is 33.4 Å². The molecule has 4 aromatic carbocycles. The molecule has 0 bridgehead atoms. The van der Waals surface area contributed by atoms with Gasteiger partial charge in [-0.2, -0.15) is 0 Å².